The van der Waals surface area contributed by atoms with Gasteiger partial charge in [-0.2, -0.15) is 13.2 Å². The van der Waals surface area contributed by atoms with Crippen LogP contribution in [-0.4, -0.2) is 11.7 Å². The van der Waals surface area contributed by atoms with E-state index in [4.69, 9.17) is 0 Å². The topological polar surface area (TPSA) is 20.2 Å². The van der Waals surface area contributed by atoms with Crippen molar-refractivity contribution in [1.29, 1.82) is 0 Å². The molecule has 0 bridgehead atoms. The van der Waals surface area contributed by atoms with Gasteiger partial charge < -0.3 is 5.11 Å². The van der Waals surface area contributed by atoms with Crippen LogP contribution in [-0.2, 0) is 11.6 Å². The second-order valence-corrected chi connectivity index (χ2v) is 5.47. The molecule has 2 aliphatic rings. The van der Waals surface area contributed by atoms with Gasteiger partial charge in [0, 0.05) is 12.0 Å². The third-order valence-corrected chi connectivity index (χ3v) is 4.43. The van der Waals surface area contributed by atoms with Crippen molar-refractivity contribution in [2.75, 3.05) is 6.61 Å². The van der Waals surface area contributed by atoms with Gasteiger partial charge in [-0.15, -0.1) is 0 Å². The second kappa shape index (κ2) is 3.73. The van der Waals surface area contributed by atoms with Gasteiger partial charge in [0.05, 0.1) is 5.56 Å². The van der Waals surface area contributed by atoms with Crippen LogP contribution >= 0.6 is 0 Å². The second-order valence-electron chi connectivity index (χ2n) is 5.47. The number of hydrogen-bond donors (Lipinski definition) is 1. The highest BCUT2D eigenvalue weighted by molar-refractivity contribution is 5.39. The molecule has 1 aromatic carbocycles. The first-order chi connectivity index (χ1) is 8.48. The molecular weight excluding hydrogens is 241 g/mol. The molecule has 0 radical (unpaired) electrons. The first kappa shape index (κ1) is 12.0. The molecule has 0 saturated heterocycles. The predicted octanol–water partition coefficient (Wildman–Crippen LogP) is 3.37. The largest absolute Gasteiger partial charge is 0.416 e. The van der Waals surface area contributed by atoms with Crippen molar-refractivity contribution in [3.05, 3.63) is 35.4 Å². The van der Waals surface area contributed by atoms with E-state index >= 15 is 0 Å². The van der Waals surface area contributed by atoms with Crippen molar-refractivity contribution in [1.82, 2.24) is 0 Å². The molecule has 2 saturated carbocycles. The van der Waals surface area contributed by atoms with Gasteiger partial charge >= 0.3 is 6.18 Å². The van der Waals surface area contributed by atoms with Crippen molar-refractivity contribution in [3.8, 4) is 0 Å². The lowest BCUT2D eigenvalue weighted by Gasteiger charge is -2.18. The summed E-state index contributed by atoms with van der Waals surface area (Å²) in [5.74, 6) is 0.799. The van der Waals surface area contributed by atoms with Crippen LogP contribution in [0.3, 0.4) is 0 Å². The average Bonchev–Trinajstić information content (AvgIpc) is 3.20. The third kappa shape index (κ3) is 1.74. The highest BCUT2D eigenvalue weighted by atomic mass is 19.4. The lowest BCUT2D eigenvalue weighted by molar-refractivity contribution is -0.137. The highest BCUT2D eigenvalue weighted by Gasteiger charge is 2.62. The summed E-state index contributed by atoms with van der Waals surface area (Å²) >= 11 is 0. The fourth-order valence-electron chi connectivity index (χ4n) is 3.23. The summed E-state index contributed by atoms with van der Waals surface area (Å²) in [6, 6.07) is 5.51. The number of hydrogen-bond acceptors (Lipinski definition) is 1. The maximum atomic E-state index is 12.5. The summed E-state index contributed by atoms with van der Waals surface area (Å²) in [6.45, 7) is 0.136. The Bertz CT molecular complexity index is 447. The quantitative estimate of drug-likeness (QED) is 0.879. The Kier molecular flexibility index (Phi) is 2.49. The van der Waals surface area contributed by atoms with Crippen molar-refractivity contribution in [3.63, 3.8) is 0 Å². The molecule has 1 nitrogen and oxygen atoms in total. The first-order valence-corrected chi connectivity index (χ1v) is 6.27. The zero-order chi connectivity index (χ0) is 13.0. The summed E-state index contributed by atoms with van der Waals surface area (Å²) < 4.78 is 37.5. The van der Waals surface area contributed by atoms with Crippen molar-refractivity contribution >= 4 is 0 Å². The molecule has 0 spiro atoms. The predicted molar refractivity (Wildman–Crippen MR) is 61.0 cm³/mol. The van der Waals surface area contributed by atoms with E-state index in [2.05, 4.69) is 0 Å². The van der Waals surface area contributed by atoms with Crippen LogP contribution in [0.15, 0.2) is 24.3 Å². The molecule has 0 heterocycles. The zero-order valence-electron chi connectivity index (χ0n) is 9.87. The van der Waals surface area contributed by atoms with Crippen LogP contribution in [0.25, 0.3) is 0 Å². The number of alkyl halides is 3. The Balaban J connectivity index is 1.89. The maximum absolute atomic E-state index is 12.5. The van der Waals surface area contributed by atoms with Crippen LogP contribution < -0.4 is 0 Å². The van der Waals surface area contributed by atoms with Crippen molar-refractivity contribution < 1.29 is 18.3 Å². The van der Waals surface area contributed by atoms with E-state index in [1.54, 1.807) is 12.1 Å². The molecule has 0 amide bonds. The fourth-order valence-corrected chi connectivity index (χ4v) is 3.23. The minimum Gasteiger partial charge on any atom is -0.396 e. The van der Waals surface area contributed by atoms with Gasteiger partial charge in [0.15, 0.2) is 0 Å². The van der Waals surface area contributed by atoms with Gasteiger partial charge in [-0.3, -0.25) is 0 Å². The Labute approximate surface area is 104 Å². The summed E-state index contributed by atoms with van der Waals surface area (Å²) in [5, 5.41) is 9.28. The van der Waals surface area contributed by atoms with Gasteiger partial charge in [0.2, 0.25) is 0 Å². The van der Waals surface area contributed by atoms with Gasteiger partial charge in [0.1, 0.15) is 0 Å². The lowest BCUT2D eigenvalue weighted by Crippen LogP contribution is -2.15. The molecule has 4 heteroatoms. The molecule has 2 fully saturated rings. The van der Waals surface area contributed by atoms with Crippen LogP contribution in [0.4, 0.5) is 13.2 Å². The van der Waals surface area contributed by atoms with E-state index in [0.717, 1.165) is 37.0 Å². The van der Waals surface area contributed by atoms with Crippen LogP contribution in [0.2, 0.25) is 0 Å². The molecule has 2 atom stereocenters. The van der Waals surface area contributed by atoms with Crippen LogP contribution in [0.5, 0.6) is 0 Å². The summed E-state index contributed by atoms with van der Waals surface area (Å²) in [6.07, 6.45) is -1.08. The standard InChI is InChI=1S/C14H15F3O/c15-14(16,17)11-5-3-10(4-6-11)13(9-1-2-9)7-12(13)8-18/h3-6,9,12,18H,1-2,7-8H2. The summed E-state index contributed by atoms with van der Waals surface area (Å²) in [7, 11) is 0. The maximum Gasteiger partial charge on any atom is 0.416 e. The molecular formula is C14H15F3O. The SMILES string of the molecule is OCC1CC1(c1ccc(C(F)(F)F)cc1)C1CC1. The van der Waals surface area contributed by atoms with Gasteiger partial charge in [-0.25, -0.2) is 0 Å². The summed E-state index contributed by atoms with van der Waals surface area (Å²) in [4.78, 5) is 0. The van der Waals surface area contributed by atoms with Gasteiger partial charge in [-0.05, 0) is 48.8 Å². The monoisotopic (exact) mass is 256 g/mol. The lowest BCUT2D eigenvalue weighted by atomic mass is 9.87. The molecule has 3 rings (SSSR count). The van der Waals surface area contributed by atoms with Crippen LogP contribution in [0.1, 0.15) is 30.4 Å². The van der Waals surface area contributed by atoms with Gasteiger partial charge in [-0.1, -0.05) is 12.1 Å². The Hall–Kier alpha value is -1.03. The van der Waals surface area contributed by atoms with Crippen molar-refractivity contribution in [2.45, 2.75) is 30.9 Å². The summed E-state index contributed by atoms with van der Waals surface area (Å²) in [5.41, 5.74) is 0.342. The van der Waals surface area contributed by atoms with E-state index in [1.807, 2.05) is 0 Å². The smallest absolute Gasteiger partial charge is 0.396 e. The third-order valence-electron chi connectivity index (χ3n) is 4.43. The molecule has 2 aliphatic carbocycles. The molecule has 2 unspecified atom stereocenters. The fraction of sp³-hybridized carbons (Fsp3) is 0.571. The van der Waals surface area contributed by atoms with Crippen LogP contribution in [0, 0.1) is 11.8 Å². The minimum atomic E-state index is -4.27. The Morgan fingerprint density at radius 1 is 1.17 bits per heavy atom. The first-order valence-electron chi connectivity index (χ1n) is 6.27. The van der Waals surface area contributed by atoms with E-state index in [1.165, 1.54) is 0 Å². The Morgan fingerprint density at radius 2 is 1.78 bits per heavy atom. The van der Waals surface area contributed by atoms with E-state index < -0.39 is 11.7 Å². The van der Waals surface area contributed by atoms with Gasteiger partial charge in [0.25, 0.3) is 0 Å². The zero-order valence-corrected chi connectivity index (χ0v) is 9.87. The molecule has 0 aliphatic heterocycles. The Morgan fingerprint density at radius 3 is 2.17 bits per heavy atom. The molecule has 1 aromatic rings. The average molecular weight is 256 g/mol. The molecule has 0 aromatic heterocycles. The van der Waals surface area contributed by atoms with E-state index in [9.17, 15) is 18.3 Å². The van der Waals surface area contributed by atoms with E-state index in [0.29, 0.717) is 5.92 Å². The number of rotatable bonds is 3. The highest BCUT2D eigenvalue weighted by Crippen LogP contribution is 2.66. The molecule has 1 N–H and O–H groups in total. The van der Waals surface area contributed by atoms with Crippen molar-refractivity contribution in [2.24, 2.45) is 11.8 Å². The minimum absolute atomic E-state index is 0.0289. The normalized spacial score (nSPS) is 31.4. The van der Waals surface area contributed by atoms with E-state index in [-0.39, 0.29) is 17.9 Å². The molecule has 18 heavy (non-hydrogen) atoms. The molecule has 98 valence electrons. The number of benzene rings is 1. The number of halogens is 3. The number of aliphatic hydroxyl groups excluding tert-OH is 1. The number of aliphatic hydroxyl groups is 1.